The first-order chi connectivity index (χ1) is 7.79. The zero-order valence-electron chi connectivity index (χ0n) is 9.46. The molecule has 5 heteroatoms. The maximum atomic E-state index is 4.25. The number of hydrogen-bond donors (Lipinski definition) is 1. The lowest BCUT2D eigenvalue weighted by molar-refractivity contribution is 0.660. The Morgan fingerprint density at radius 3 is 2.88 bits per heavy atom. The van der Waals surface area contributed by atoms with Crippen LogP contribution >= 0.6 is 0 Å². The van der Waals surface area contributed by atoms with Gasteiger partial charge in [0.25, 0.3) is 0 Å². The van der Waals surface area contributed by atoms with Crippen LogP contribution in [-0.2, 0) is 6.54 Å². The van der Waals surface area contributed by atoms with E-state index in [4.69, 9.17) is 0 Å². The molecule has 5 nitrogen and oxygen atoms in total. The number of hydrogen-bond acceptors (Lipinski definition) is 4. The van der Waals surface area contributed by atoms with Crippen molar-refractivity contribution >= 4 is 5.69 Å². The summed E-state index contributed by atoms with van der Waals surface area (Å²) < 4.78 is 1.88. The molecule has 2 aromatic heterocycles. The van der Waals surface area contributed by atoms with Crippen molar-refractivity contribution in [2.24, 2.45) is 0 Å². The summed E-state index contributed by atoms with van der Waals surface area (Å²) >= 11 is 0. The summed E-state index contributed by atoms with van der Waals surface area (Å²) in [4.78, 5) is 8.29. The van der Waals surface area contributed by atoms with Crippen LogP contribution in [0.5, 0.6) is 0 Å². The third-order valence-corrected chi connectivity index (χ3v) is 2.37. The Morgan fingerprint density at radius 2 is 2.25 bits per heavy atom. The predicted molar refractivity (Wildman–Crippen MR) is 62.0 cm³/mol. The molecule has 2 heterocycles. The lowest BCUT2D eigenvalue weighted by Gasteiger charge is -2.11. The van der Waals surface area contributed by atoms with E-state index in [1.54, 1.807) is 18.6 Å². The highest BCUT2D eigenvalue weighted by molar-refractivity contribution is 5.40. The van der Waals surface area contributed by atoms with Gasteiger partial charge in [-0.3, -0.25) is 14.6 Å². The van der Waals surface area contributed by atoms with Crippen molar-refractivity contribution in [2.75, 3.05) is 5.32 Å². The van der Waals surface area contributed by atoms with Gasteiger partial charge in [-0.05, 0) is 13.8 Å². The molecule has 0 aromatic carbocycles. The molecule has 0 fully saturated rings. The summed E-state index contributed by atoms with van der Waals surface area (Å²) in [7, 11) is 0. The maximum Gasteiger partial charge on any atom is 0.0806 e. The minimum absolute atomic E-state index is 0.128. The fraction of sp³-hybridized carbons (Fsp3) is 0.364. The molecule has 0 aliphatic heterocycles. The second-order valence-electron chi connectivity index (χ2n) is 3.58. The van der Waals surface area contributed by atoms with Crippen LogP contribution in [0.2, 0.25) is 0 Å². The SMILES string of the molecule is CCn1cc(NC(C)c2cnccn2)cn1. The van der Waals surface area contributed by atoms with Crippen LogP contribution in [0.15, 0.2) is 31.0 Å². The summed E-state index contributed by atoms with van der Waals surface area (Å²) in [6, 6.07) is 0.128. The van der Waals surface area contributed by atoms with E-state index in [2.05, 4.69) is 27.3 Å². The average Bonchev–Trinajstić information content (AvgIpc) is 2.78. The van der Waals surface area contributed by atoms with E-state index in [0.717, 1.165) is 17.9 Å². The zero-order valence-corrected chi connectivity index (χ0v) is 9.46. The van der Waals surface area contributed by atoms with Crippen LogP contribution < -0.4 is 5.32 Å². The molecule has 0 aliphatic carbocycles. The first-order valence-corrected chi connectivity index (χ1v) is 5.34. The van der Waals surface area contributed by atoms with Gasteiger partial charge in [-0.15, -0.1) is 0 Å². The average molecular weight is 217 g/mol. The summed E-state index contributed by atoms with van der Waals surface area (Å²) in [5, 5.41) is 7.53. The van der Waals surface area contributed by atoms with E-state index in [-0.39, 0.29) is 6.04 Å². The first kappa shape index (κ1) is 10.6. The molecule has 84 valence electrons. The van der Waals surface area contributed by atoms with Gasteiger partial charge >= 0.3 is 0 Å². The summed E-state index contributed by atoms with van der Waals surface area (Å²) in [6.45, 7) is 4.98. The van der Waals surface area contributed by atoms with E-state index in [1.165, 1.54) is 0 Å². The fourth-order valence-corrected chi connectivity index (χ4v) is 1.47. The third kappa shape index (κ3) is 2.36. The van der Waals surface area contributed by atoms with Crippen LogP contribution in [0.4, 0.5) is 5.69 Å². The van der Waals surface area contributed by atoms with Gasteiger partial charge in [-0.2, -0.15) is 5.10 Å². The topological polar surface area (TPSA) is 55.6 Å². The molecule has 0 amide bonds. The number of aromatic nitrogens is 4. The van der Waals surface area contributed by atoms with E-state index in [1.807, 2.05) is 24.0 Å². The summed E-state index contributed by atoms with van der Waals surface area (Å²) in [5.41, 5.74) is 1.92. The van der Waals surface area contributed by atoms with Gasteiger partial charge in [-0.1, -0.05) is 0 Å². The molecule has 0 saturated carbocycles. The van der Waals surface area contributed by atoms with Crippen LogP contribution in [0, 0.1) is 0 Å². The molecule has 16 heavy (non-hydrogen) atoms. The highest BCUT2D eigenvalue weighted by Crippen LogP contribution is 2.15. The molecule has 1 N–H and O–H groups in total. The van der Waals surface area contributed by atoms with Gasteiger partial charge in [0.1, 0.15) is 0 Å². The second-order valence-corrected chi connectivity index (χ2v) is 3.58. The molecule has 0 saturated heterocycles. The lowest BCUT2D eigenvalue weighted by atomic mass is 10.2. The van der Waals surface area contributed by atoms with Crippen molar-refractivity contribution in [3.63, 3.8) is 0 Å². The summed E-state index contributed by atoms with van der Waals surface area (Å²) in [5.74, 6) is 0. The molecular formula is C11H15N5. The largest absolute Gasteiger partial charge is 0.374 e. The molecule has 1 atom stereocenters. The van der Waals surface area contributed by atoms with Crippen LogP contribution in [0.25, 0.3) is 0 Å². The molecule has 0 bridgehead atoms. The molecular weight excluding hydrogens is 202 g/mol. The Hall–Kier alpha value is -1.91. The first-order valence-electron chi connectivity index (χ1n) is 5.34. The van der Waals surface area contributed by atoms with Crippen LogP contribution in [0.1, 0.15) is 25.6 Å². The molecule has 1 unspecified atom stereocenters. The molecule has 2 rings (SSSR count). The quantitative estimate of drug-likeness (QED) is 0.849. The Labute approximate surface area is 94.5 Å². The standard InChI is InChI=1S/C11H15N5/c1-3-16-8-10(6-14-16)15-9(2)11-7-12-4-5-13-11/h4-9,15H,3H2,1-2H3. The van der Waals surface area contributed by atoms with E-state index in [9.17, 15) is 0 Å². The Kier molecular flexibility index (Phi) is 3.14. The maximum absolute atomic E-state index is 4.25. The van der Waals surface area contributed by atoms with Crippen molar-refractivity contribution in [3.8, 4) is 0 Å². The van der Waals surface area contributed by atoms with Crippen LogP contribution in [0.3, 0.4) is 0 Å². The zero-order chi connectivity index (χ0) is 11.4. The van der Waals surface area contributed by atoms with Crippen molar-refractivity contribution in [1.29, 1.82) is 0 Å². The van der Waals surface area contributed by atoms with Gasteiger partial charge in [-0.25, -0.2) is 0 Å². The molecule has 0 spiro atoms. The number of rotatable bonds is 4. The number of anilines is 1. The minimum atomic E-state index is 0.128. The van der Waals surface area contributed by atoms with Crippen molar-refractivity contribution in [2.45, 2.75) is 26.4 Å². The van der Waals surface area contributed by atoms with E-state index in [0.29, 0.717) is 0 Å². The number of nitrogens with zero attached hydrogens (tertiary/aromatic N) is 4. The number of aryl methyl sites for hydroxylation is 1. The van der Waals surface area contributed by atoms with Gasteiger partial charge in [0.2, 0.25) is 0 Å². The minimum Gasteiger partial charge on any atom is -0.374 e. The Balaban J connectivity index is 2.05. The van der Waals surface area contributed by atoms with Crippen molar-refractivity contribution < 1.29 is 0 Å². The van der Waals surface area contributed by atoms with Gasteiger partial charge in [0.15, 0.2) is 0 Å². The second kappa shape index (κ2) is 4.74. The molecule has 2 aromatic rings. The highest BCUT2D eigenvalue weighted by atomic mass is 15.3. The predicted octanol–water partition coefficient (Wildman–Crippen LogP) is 1.87. The van der Waals surface area contributed by atoms with Crippen molar-refractivity contribution in [3.05, 3.63) is 36.7 Å². The van der Waals surface area contributed by atoms with Crippen LogP contribution in [-0.4, -0.2) is 19.7 Å². The Bertz CT molecular complexity index is 437. The van der Waals surface area contributed by atoms with E-state index >= 15 is 0 Å². The molecule has 0 radical (unpaired) electrons. The van der Waals surface area contributed by atoms with Crippen molar-refractivity contribution in [1.82, 2.24) is 19.7 Å². The van der Waals surface area contributed by atoms with E-state index < -0.39 is 0 Å². The van der Waals surface area contributed by atoms with Gasteiger partial charge in [0.05, 0.1) is 29.8 Å². The summed E-state index contributed by atoms with van der Waals surface area (Å²) in [6.07, 6.45) is 8.93. The molecule has 0 aliphatic rings. The normalized spacial score (nSPS) is 12.4. The third-order valence-electron chi connectivity index (χ3n) is 2.37. The monoisotopic (exact) mass is 217 g/mol. The lowest BCUT2D eigenvalue weighted by Crippen LogP contribution is -2.08. The van der Waals surface area contributed by atoms with Gasteiger partial charge < -0.3 is 5.32 Å². The van der Waals surface area contributed by atoms with Gasteiger partial charge in [0, 0.05) is 25.1 Å². The highest BCUT2D eigenvalue weighted by Gasteiger charge is 2.07. The smallest absolute Gasteiger partial charge is 0.0806 e. The number of nitrogens with one attached hydrogen (secondary N) is 1. The Morgan fingerprint density at radius 1 is 1.38 bits per heavy atom. The fourth-order valence-electron chi connectivity index (χ4n) is 1.47.